The number of anilines is 1. The fraction of sp³-hybridized carbons (Fsp3) is 0.333. The van der Waals surface area contributed by atoms with Gasteiger partial charge in [-0.1, -0.05) is 29.8 Å². The Morgan fingerprint density at radius 2 is 1.88 bits per heavy atom. The fourth-order valence-corrected chi connectivity index (χ4v) is 7.31. The first-order valence-electron chi connectivity index (χ1n) is 10.8. The Hall–Kier alpha value is -2.20. The van der Waals surface area contributed by atoms with E-state index in [4.69, 9.17) is 0 Å². The van der Waals surface area contributed by atoms with Crippen LogP contribution < -0.4 is 5.32 Å². The van der Waals surface area contributed by atoms with Gasteiger partial charge in [0.15, 0.2) is 5.13 Å². The first-order chi connectivity index (χ1) is 15.8. The lowest BCUT2D eigenvalue weighted by Gasteiger charge is -2.30. The molecular formula is C24H27N3O3S3. The predicted octanol–water partition coefficient (Wildman–Crippen LogP) is 5.19. The number of thiazole rings is 1. The van der Waals surface area contributed by atoms with E-state index in [9.17, 15) is 13.2 Å². The number of nitrogens with zero attached hydrogens (tertiary/aromatic N) is 2. The maximum absolute atomic E-state index is 13.1. The van der Waals surface area contributed by atoms with Crippen LogP contribution in [0.15, 0.2) is 57.6 Å². The number of carbonyl (C=O) groups excluding carboxylic acids is 1. The van der Waals surface area contributed by atoms with Gasteiger partial charge in [0.25, 0.3) is 0 Å². The van der Waals surface area contributed by atoms with Gasteiger partial charge < -0.3 is 5.32 Å². The van der Waals surface area contributed by atoms with Gasteiger partial charge >= 0.3 is 0 Å². The lowest BCUT2D eigenvalue weighted by Crippen LogP contribution is -2.41. The van der Waals surface area contributed by atoms with Gasteiger partial charge in [0.05, 0.1) is 10.6 Å². The van der Waals surface area contributed by atoms with Crippen molar-refractivity contribution in [1.29, 1.82) is 0 Å². The highest BCUT2D eigenvalue weighted by Gasteiger charge is 2.33. The Balaban J connectivity index is 1.39. The van der Waals surface area contributed by atoms with Gasteiger partial charge in [0.2, 0.25) is 15.9 Å². The minimum Gasteiger partial charge on any atom is -0.302 e. The van der Waals surface area contributed by atoms with E-state index >= 15 is 0 Å². The van der Waals surface area contributed by atoms with Crippen molar-refractivity contribution in [2.45, 2.75) is 36.5 Å². The summed E-state index contributed by atoms with van der Waals surface area (Å²) in [6.07, 6.45) is 2.85. The van der Waals surface area contributed by atoms with Crippen LogP contribution in [0.25, 0.3) is 11.3 Å². The van der Waals surface area contributed by atoms with E-state index in [2.05, 4.69) is 28.5 Å². The van der Waals surface area contributed by atoms with E-state index < -0.39 is 10.0 Å². The molecule has 0 saturated carbocycles. The molecule has 1 N–H and O–H groups in total. The van der Waals surface area contributed by atoms with E-state index in [1.807, 2.05) is 37.6 Å². The zero-order valence-electron chi connectivity index (χ0n) is 18.9. The molecule has 1 fully saturated rings. The SMILES string of the molecule is CSc1ccccc1S(=O)(=O)N1CCC(C(=O)Nc2nc(-c3cc(C)ccc3C)cs2)CC1. The van der Waals surface area contributed by atoms with E-state index in [0.717, 1.165) is 27.3 Å². The largest absolute Gasteiger partial charge is 0.302 e. The van der Waals surface area contributed by atoms with Crippen LogP contribution in [-0.2, 0) is 14.8 Å². The molecule has 0 radical (unpaired) electrons. The number of carbonyl (C=O) groups is 1. The monoisotopic (exact) mass is 501 g/mol. The van der Waals surface area contributed by atoms with Gasteiger partial charge in [0.1, 0.15) is 0 Å². The van der Waals surface area contributed by atoms with Crippen LogP contribution >= 0.6 is 23.1 Å². The number of rotatable bonds is 6. The third-order valence-electron chi connectivity index (χ3n) is 5.91. The molecule has 0 unspecified atom stereocenters. The number of hydrogen-bond acceptors (Lipinski definition) is 6. The number of piperidine rings is 1. The molecular weight excluding hydrogens is 474 g/mol. The van der Waals surface area contributed by atoms with Crippen LogP contribution in [0.1, 0.15) is 24.0 Å². The molecule has 33 heavy (non-hydrogen) atoms. The number of nitrogens with one attached hydrogen (secondary N) is 1. The summed E-state index contributed by atoms with van der Waals surface area (Å²) in [6, 6.07) is 13.3. The summed E-state index contributed by atoms with van der Waals surface area (Å²) in [5.41, 5.74) is 4.22. The number of hydrogen-bond donors (Lipinski definition) is 1. The van der Waals surface area contributed by atoms with Crippen molar-refractivity contribution in [3.8, 4) is 11.3 Å². The van der Waals surface area contributed by atoms with Gasteiger partial charge in [-0.15, -0.1) is 23.1 Å². The second-order valence-electron chi connectivity index (χ2n) is 8.17. The maximum Gasteiger partial charge on any atom is 0.244 e. The number of benzene rings is 2. The third-order valence-corrected chi connectivity index (χ3v) is 9.55. The number of thioether (sulfide) groups is 1. The van der Waals surface area contributed by atoms with Crippen molar-refractivity contribution >= 4 is 44.2 Å². The lowest BCUT2D eigenvalue weighted by molar-refractivity contribution is -0.120. The van der Waals surface area contributed by atoms with Gasteiger partial charge in [0, 0.05) is 34.8 Å². The molecule has 0 spiro atoms. The molecule has 2 heterocycles. The Bertz CT molecular complexity index is 1260. The van der Waals surface area contributed by atoms with E-state index in [0.29, 0.717) is 36.0 Å². The minimum absolute atomic E-state index is 0.0987. The highest BCUT2D eigenvalue weighted by molar-refractivity contribution is 7.99. The zero-order valence-corrected chi connectivity index (χ0v) is 21.3. The minimum atomic E-state index is -3.58. The number of amides is 1. The van der Waals surface area contributed by atoms with Crippen molar-refractivity contribution in [2.24, 2.45) is 5.92 Å². The Labute approximate surface area is 203 Å². The molecule has 0 atom stereocenters. The molecule has 1 aromatic heterocycles. The van der Waals surface area contributed by atoms with Crippen molar-refractivity contribution < 1.29 is 13.2 Å². The average Bonchev–Trinajstić information content (AvgIpc) is 3.28. The molecule has 1 aliphatic heterocycles. The van der Waals surface area contributed by atoms with Crippen LogP contribution in [0, 0.1) is 19.8 Å². The smallest absolute Gasteiger partial charge is 0.244 e. The normalized spacial score (nSPS) is 15.5. The summed E-state index contributed by atoms with van der Waals surface area (Å²) >= 11 is 2.82. The molecule has 3 aromatic rings. The first kappa shape index (κ1) is 23.9. The lowest BCUT2D eigenvalue weighted by atomic mass is 9.97. The van der Waals surface area contributed by atoms with Crippen molar-refractivity contribution in [3.63, 3.8) is 0 Å². The van der Waals surface area contributed by atoms with Crippen molar-refractivity contribution in [1.82, 2.24) is 9.29 Å². The predicted molar refractivity (Wildman–Crippen MR) is 135 cm³/mol. The summed E-state index contributed by atoms with van der Waals surface area (Å²) < 4.78 is 27.7. The Morgan fingerprint density at radius 1 is 1.15 bits per heavy atom. The summed E-state index contributed by atoms with van der Waals surface area (Å²) in [5.74, 6) is -0.335. The highest BCUT2D eigenvalue weighted by atomic mass is 32.2. The third kappa shape index (κ3) is 5.16. The standard InChI is InChI=1S/C24H27N3O3S3/c1-16-8-9-17(2)19(14-16)20-15-32-24(25-20)26-23(28)18-10-12-27(13-11-18)33(29,30)22-7-5-4-6-21(22)31-3/h4-9,14-15,18H,10-13H2,1-3H3,(H,25,26,28). The van der Waals surface area contributed by atoms with Gasteiger partial charge in [-0.25, -0.2) is 13.4 Å². The molecule has 4 rings (SSSR count). The van der Waals surface area contributed by atoms with Crippen LogP contribution in [0.5, 0.6) is 0 Å². The summed E-state index contributed by atoms with van der Waals surface area (Å²) in [5, 5.41) is 5.46. The van der Waals surface area contributed by atoms with Crippen LogP contribution in [0.2, 0.25) is 0 Å². The summed E-state index contributed by atoms with van der Waals surface area (Å²) in [7, 11) is -3.58. The molecule has 0 aliphatic carbocycles. The van der Waals surface area contributed by atoms with Gasteiger partial charge in [-0.05, 0) is 56.7 Å². The average molecular weight is 502 g/mol. The molecule has 0 bridgehead atoms. The Morgan fingerprint density at radius 3 is 2.61 bits per heavy atom. The van der Waals surface area contributed by atoms with Gasteiger partial charge in [-0.3, -0.25) is 4.79 Å². The number of aromatic nitrogens is 1. The molecule has 6 nitrogen and oxygen atoms in total. The van der Waals surface area contributed by atoms with E-state index in [1.165, 1.54) is 27.4 Å². The fourth-order valence-electron chi connectivity index (χ4n) is 4.00. The second-order valence-corrected chi connectivity index (χ2v) is 11.8. The summed E-state index contributed by atoms with van der Waals surface area (Å²) in [6.45, 7) is 4.75. The maximum atomic E-state index is 13.1. The molecule has 2 aromatic carbocycles. The van der Waals surface area contributed by atoms with Crippen LogP contribution in [0.3, 0.4) is 0 Å². The molecule has 1 amide bonds. The van der Waals surface area contributed by atoms with Crippen LogP contribution in [0.4, 0.5) is 5.13 Å². The summed E-state index contributed by atoms with van der Waals surface area (Å²) in [4.78, 5) is 18.5. The van der Waals surface area contributed by atoms with E-state index in [1.54, 1.807) is 12.1 Å². The first-order valence-corrected chi connectivity index (χ1v) is 14.3. The van der Waals surface area contributed by atoms with E-state index in [-0.39, 0.29) is 11.8 Å². The molecule has 174 valence electrons. The molecule has 9 heteroatoms. The molecule has 1 saturated heterocycles. The quantitative estimate of drug-likeness (QED) is 0.470. The number of sulfonamides is 1. The molecule has 1 aliphatic rings. The topological polar surface area (TPSA) is 79.4 Å². The zero-order chi connectivity index (χ0) is 23.6. The van der Waals surface area contributed by atoms with Crippen molar-refractivity contribution in [2.75, 3.05) is 24.7 Å². The van der Waals surface area contributed by atoms with Crippen LogP contribution in [-0.4, -0.2) is 43.0 Å². The Kier molecular flexibility index (Phi) is 7.23. The van der Waals surface area contributed by atoms with Crippen molar-refractivity contribution in [3.05, 3.63) is 59.0 Å². The number of aryl methyl sites for hydroxylation is 2. The second kappa shape index (κ2) is 9.97. The highest BCUT2D eigenvalue weighted by Crippen LogP contribution is 2.31. The van der Waals surface area contributed by atoms with Gasteiger partial charge in [-0.2, -0.15) is 4.31 Å².